The van der Waals surface area contributed by atoms with Crippen molar-refractivity contribution in [3.05, 3.63) is 70.4 Å². The number of likely N-dealkylation sites (tertiary alicyclic amines) is 1. The molecule has 1 fully saturated rings. The maximum atomic E-state index is 11.5. The van der Waals surface area contributed by atoms with E-state index in [4.69, 9.17) is 11.6 Å². The highest BCUT2D eigenvalue weighted by atomic mass is 35.5. The predicted molar refractivity (Wildman–Crippen MR) is 115 cm³/mol. The van der Waals surface area contributed by atoms with Gasteiger partial charge < -0.3 is 5.32 Å². The zero-order chi connectivity index (χ0) is 19.8. The lowest BCUT2D eigenvalue weighted by Crippen LogP contribution is -2.53. The van der Waals surface area contributed by atoms with Crippen molar-refractivity contribution < 1.29 is 4.79 Å². The van der Waals surface area contributed by atoms with Crippen molar-refractivity contribution in [2.45, 2.75) is 46.7 Å². The number of nitrogens with one attached hydrogen (secondary N) is 1. The van der Waals surface area contributed by atoms with Crippen LogP contribution in [0.25, 0.3) is 0 Å². The monoisotopic (exact) mass is 386 g/mol. The molecule has 1 heterocycles. The Kier molecular flexibility index (Phi) is 8.33. The number of carbonyl (C=O) groups is 1. The van der Waals surface area contributed by atoms with Gasteiger partial charge in [-0.1, -0.05) is 48.9 Å². The Bertz CT molecular complexity index is 730. The molecule has 0 aliphatic carbocycles. The molecule has 0 amide bonds. The Hall–Kier alpha value is -1.84. The minimum absolute atomic E-state index is 0.219. The first-order chi connectivity index (χ1) is 12.9. The van der Waals surface area contributed by atoms with Gasteiger partial charge in [0.1, 0.15) is 5.78 Å². The Morgan fingerprint density at radius 3 is 2.74 bits per heavy atom. The second kappa shape index (κ2) is 10.5. The molecular weight excluding hydrogens is 356 g/mol. The maximum Gasteiger partial charge on any atom is 0.135 e. The van der Waals surface area contributed by atoms with E-state index < -0.39 is 0 Å². The topological polar surface area (TPSA) is 32.3 Å². The van der Waals surface area contributed by atoms with Crippen molar-refractivity contribution in [2.24, 2.45) is 5.92 Å². The van der Waals surface area contributed by atoms with Crippen molar-refractivity contribution >= 4 is 17.4 Å². The molecule has 1 aliphatic heterocycles. The third-order valence-corrected chi connectivity index (χ3v) is 5.48. The number of rotatable bonds is 9. The molecule has 2 rings (SSSR count). The predicted octanol–water partition coefficient (Wildman–Crippen LogP) is 5.05. The van der Waals surface area contributed by atoms with Gasteiger partial charge in [-0.3, -0.25) is 9.69 Å². The summed E-state index contributed by atoms with van der Waals surface area (Å²) in [6, 6.07) is 6.48. The molecule has 27 heavy (non-hydrogen) atoms. The highest BCUT2D eigenvalue weighted by Crippen LogP contribution is 2.22. The van der Waals surface area contributed by atoms with E-state index in [2.05, 4.69) is 47.5 Å². The summed E-state index contributed by atoms with van der Waals surface area (Å²) < 4.78 is 0. The van der Waals surface area contributed by atoms with E-state index in [0.717, 1.165) is 42.3 Å². The van der Waals surface area contributed by atoms with Crippen LogP contribution in [0, 0.1) is 12.8 Å². The molecule has 1 unspecified atom stereocenters. The summed E-state index contributed by atoms with van der Waals surface area (Å²) in [5, 5.41) is 4.30. The van der Waals surface area contributed by atoms with Crippen LogP contribution in [0.2, 0.25) is 5.02 Å². The molecular formula is C23H31ClN2O. The molecule has 146 valence electrons. The molecule has 1 aromatic rings. The second-order valence-electron chi connectivity index (χ2n) is 7.18. The van der Waals surface area contributed by atoms with Crippen molar-refractivity contribution in [1.82, 2.24) is 10.2 Å². The molecule has 3 nitrogen and oxygen atoms in total. The fourth-order valence-corrected chi connectivity index (χ4v) is 3.28. The molecule has 1 aliphatic rings. The van der Waals surface area contributed by atoms with Gasteiger partial charge in [0, 0.05) is 42.3 Å². The highest BCUT2D eigenvalue weighted by Gasteiger charge is 2.33. The van der Waals surface area contributed by atoms with Crippen molar-refractivity contribution in [3.8, 4) is 0 Å². The van der Waals surface area contributed by atoms with Crippen LogP contribution in [-0.4, -0.2) is 29.8 Å². The van der Waals surface area contributed by atoms with E-state index in [1.807, 2.05) is 32.1 Å². The van der Waals surface area contributed by atoms with E-state index in [9.17, 15) is 4.79 Å². The average Bonchev–Trinajstić information content (AvgIpc) is 2.60. The number of Topliss-reactive ketones (excluding diaryl/α,β-unsaturated/α-hetero) is 1. The number of halogens is 1. The Morgan fingerprint density at radius 2 is 2.15 bits per heavy atom. The molecule has 1 aromatic carbocycles. The van der Waals surface area contributed by atoms with E-state index >= 15 is 0 Å². The van der Waals surface area contributed by atoms with Gasteiger partial charge >= 0.3 is 0 Å². The fourth-order valence-electron chi connectivity index (χ4n) is 3.17. The fraction of sp³-hybridized carbons (Fsp3) is 0.435. The summed E-state index contributed by atoms with van der Waals surface area (Å²) in [6.45, 7) is 10.4. The third-order valence-electron chi connectivity index (χ3n) is 5.06. The Labute approximate surface area is 168 Å². The summed E-state index contributed by atoms with van der Waals surface area (Å²) in [6.07, 6.45) is 11.6. The van der Waals surface area contributed by atoms with Crippen LogP contribution in [0.3, 0.4) is 0 Å². The van der Waals surface area contributed by atoms with Crippen molar-refractivity contribution in [2.75, 3.05) is 13.1 Å². The first-order valence-electron chi connectivity index (χ1n) is 9.69. The molecule has 4 heteroatoms. The van der Waals surface area contributed by atoms with Gasteiger partial charge in [0.05, 0.1) is 0 Å². The molecule has 1 N–H and O–H groups in total. The van der Waals surface area contributed by atoms with Crippen LogP contribution < -0.4 is 5.32 Å². The zero-order valence-electron chi connectivity index (χ0n) is 16.8. The number of allylic oxidation sites excluding steroid dienone is 4. The van der Waals surface area contributed by atoms with Gasteiger partial charge in [-0.2, -0.15) is 0 Å². The highest BCUT2D eigenvalue weighted by molar-refractivity contribution is 6.31. The number of hydrogen-bond donors (Lipinski definition) is 1. The van der Waals surface area contributed by atoms with E-state index in [1.165, 1.54) is 5.56 Å². The first kappa shape index (κ1) is 21.5. The Morgan fingerprint density at radius 1 is 1.41 bits per heavy atom. The van der Waals surface area contributed by atoms with E-state index in [-0.39, 0.29) is 5.92 Å². The lowest BCUT2D eigenvalue weighted by Gasteiger charge is -2.42. The van der Waals surface area contributed by atoms with Gasteiger partial charge in [0.15, 0.2) is 0 Å². The van der Waals surface area contributed by atoms with Gasteiger partial charge in [-0.15, -0.1) is 0 Å². The summed E-state index contributed by atoms with van der Waals surface area (Å²) in [7, 11) is 0. The molecule has 0 aromatic heterocycles. The van der Waals surface area contributed by atoms with E-state index in [1.54, 1.807) is 6.92 Å². The lowest BCUT2D eigenvalue weighted by atomic mass is 9.93. The van der Waals surface area contributed by atoms with Crippen LogP contribution in [0.1, 0.15) is 38.3 Å². The molecule has 0 bridgehead atoms. The van der Waals surface area contributed by atoms with Crippen LogP contribution >= 0.6 is 11.6 Å². The number of ketones is 1. The number of benzene rings is 1. The third kappa shape index (κ3) is 6.37. The number of nitrogens with zero attached hydrogens (tertiary/aromatic N) is 1. The summed E-state index contributed by atoms with van der Waals surface area (Å²) in [4.78, 5) is 13.8. The van der Waals surface area contributed by atoms with Crippen molar-refractivity contribution in [3.63, 3.8) is 0 Å². The van der Waals surface area contributed by atoms with Crippen LogP contribution in [-0.2, 0) is 11.3 Å². The minimum Gasteiger partial charge on any atom is -0.381 e. The second-order valence-corrected chi connectivity index (χ2v) is 7.59. The van der Waals surface area contributed by atoms with Crippen LogP contribution in [0.15, 0.2) is 54.3 Å². The molecule has 0 radical (unpaired) electrons. The first-order valence-corrected chi connectivity index (χ1v) is 10.1. The minimum atomic E-state index is 0.219. The summed E-state index contributed by atoms with van der Waals surface area (Å²) in [5.74, 6) is 0.524. The normalized spacial score (nSPS) is 17.4. The quantitative estimate of drug-likeness (QED) is 0.602. The van der Waals surface area contributed by atoms with Gasteiger partial charge in [-0.05, 0) is 56.5 Å². The van der Waals surface area contributed by atoms with Crippen molar-refractivity contribution in [1.29, 1.82) is 0 Å². The summed E-state index contributed by atoms with van der Waals surface area (Å²) >= 11 is 6.11. The molecule has 1 saturated heterocycles. The number of carbonyl (C=O) groups excluding carboxylic acids is 1. The standard InChI is InChI=1S/C23H31ClN2O/c1-5-7-8-21(25-14-19-9-12-23(24)17(3)13-19)10-11-22(6-2)26-15-20(16-26)18(4)27/h5,7-13,20,22,25H,6,14-16H2,1-4H3/b7-5-,11-10+,21-8+. The SMILES string of the molecule is C\C=C/C=C(\C=C\C(CC)N1CC(C(C)=O)C1)NCc1ccc(Cl)c(C)c1. The maximum absolute atomic E-state index is 11.5. The Balaban J connectivity index is 1.99. The van der Waals surface area contributed by atoms with Crippen LogP contribution in [0.5, 0.6) is 0 Å². The summed E-state index contributed by atoms with van der Waals surface area (Å²) in [5.41, 5.74) is 3.37. The zero-order valence-corrected chi connectivity index (χ0v) is 17.6. The van der Waals surface area contributed by atoms with Gasteiger partial charge in [0.25, 0.3) is 0 Å². The number of aryl methyl sites for hydroxylation is 1. The van der Waals surface area contributed by atoms with Crippen LogP contribution in [0.4, 0.5) is 0 Å². The smallest absolute Gasteiger partial charge is 0.135 e. The number of hydrogen-bond acceptors (Lipinski definition) is 3. The van der Waals surface area contributed by atoms with E-state index in [0.29, 0.717) is 11.8 Å². The van der Waals surface area contributed by atoms with Gasteiger partial charge in [0.2, 0.25) is 0 Å². The largest absolute Gasteiger partial charge is 0.381 e. The molecule has 1 atom stereocenters. The average molecular weight is 387 g/mol. The molecule has 0 saturated carbocycles. The van der Waals surface area contributed by atoms with Gasteiger partial charge in [-0.25, -0.2) is 0 Å². The molecule has 0 spiro atoms. The lowest BCUT2D eigenvalue weighted by molar-refractivity contribution is -0.126.